The van der Waals surface area contributed by atoms with Crippen molar-refractivity contribution in [2.75, 3.05) is 5.32 Å². The molecule has 1 N–H and O–H groups in total. The monoisotopic (exact) mass is 439 g/mol. The molecule has 0 saturated carbocycles. The number of aromatic nitrogens is 2. The van der Waals surface area contributed by atoms with Crippen molar-refractivity contribution in [2.45, 2.75) is 6.54 Å². The molecule has 1 aromatic heterocycles. The average Bonchev–Trinajstić information content (AvgIpc) is 3.07. The molecule has 0 aliphatic rings. The molecule has 0 spiro atoms. The fraction of sp³-hybridized carbons (Fsp3) is 0.0476. The highest BCUT2D eigenvalue weighted by atomic mass is 79.9. The van der Waals surface area contributed by atoms with E-state index in [2.05, 4.69) is 26.3 Å². The van der Waals surface area contributed by atoms with E-state index in [4.69, 9.17) is 4.74 Å². The zero-order chi connectivity index (χ0) is 19.5. The van der Waals surface area contributed by atoms with Gasteiger partial charge in [0.15, 0.2) is 0 Å². The Hall–Kier alpha value is -3.19. The number of anilines is 1. The van der Waals surface area contributed by atoms with E-state index in [1.54, 1.807) is 53.2 Å². The highest BCUT2D eigenvalue weighted by Crippen LogP contribution is 2.20. The first-order chi connectivity index (χ1) is 13.5. The van der Waals surface area contributed by atoms with Crippen molar-refractivity contribution in [3.05, 3.63) is 88.8 Å². The summed E-state index contributed by atoms with van der Waals surface area (Å²) in [6, 6.07) is 18.7. The van der Waals surface area contributed by atoms with Crippen molar-refractivity contribution in [2.24, 2.45) is 0 Å². The fourth-order valence-corrected chi connectivity index (χ4v) is 3.02. The zero-order valence-corrected chi connectivity index (χ0v) is 16.2. The van der Waals surface area contributed by atoms with Crippen molar-refractivity contribution in [3.63, 3.8) is 0 Å². The molecular weight excluding hydrogens is 425 g/mol. The number of benzene rings is 3. The maximum absolute atomic E-state index is 13.0. The van der Waals surface area contributed by atoms with Crippen LogP contribution in [0.15, 0.2) is 77.4 Å². The minimum atomic E-state index is -0.576. The predicted molar refractivity (Wildman–Crippen MR) is 109 cm³/mol. The molecular formula is C21H15BrFN3O2. The van der Waals surface area contributed by atoms with Gasteiger partial charge in [-0.15, -0.1) is 0 Å². The fourth-order valence-electron chi connectivity index (χ4n) is 2.76. The van der Waals surface area contributed by atoms with E-state index < -0.39 is 6.09 Å². The summed E-state index contributed by atoms with van der Waals surface area (Å²) in [5.41, 5.74) is 2.27. The Kier molecular flexibility index (Phi) is 5.08. The molecule has 4 aromatic rings. The Morgan fingerprint density at radius 3 is 2.57 bits per heavy atom. The number of amides is 1. The van der Waals surface area contributed by atoms with E-state index in [1.165, 1.54) is 12.1 Å². The van der Waals surface area contributed by atoms with Crippen molar-refractivity contribution < 1.29 is 13.9 Å². The molecule has 7 heteroatoms. The first-order valence-corrected chi connectivity index (χ1v) is 9.30. The molecule has 0 atom stereocenters. The van der Waals surface area contributed by atoms with Gasteiger partial charge in [-0.3, -0.25) is 10.00 Å². The van der Waals surface area contributed by atoms with Gasteiger partial charge in [-0.25, -0.2) is 9.18 Å². The highest BCUT2D eigenvalue weighted by Gasteiger charge is 2.08. The first-order valence-electron chi connectivity index (χ1n) is 8.51. The van der Waals surface area contributed by atoms with Crippen LogP contribution in [0.2, 0.25) is 0 Å². The maximum atomic E-state index is 13.0. The number of hydrogen-bond donors (Lipinski definition) is 1. The van der Waals surface area contributed by atoms with E-state index in [0.717, 1.165) is 20.9 Å². The lowest BCUT2D eigenvalue weighted by atomic mass is 10.2. The second kappa shape index (κ2) is 7.82. The first kappa shape index (κ1) is 18.2. The number of nitrogens with zero attached hydrogens (tertiary/aromatic N) is 2. The predicted octanol–water partition coefficient (Wildman–Crippen LogP) is 5.60. The van der Waals surface area contributed by atoms with Gasteiger partial charge < -0.3 is 4.74 Å². The van der Waals surface area contributed by atoms with Crippen molar-refractivity contribution in [1.29, 1.82) is 0 Å². The van der Waals surface area contributed by atoms with Crippen LogP contribution in [-0.2, 0) is 6.54 Å². The van der Waals surface area contributed by atoms with E-state index in [-0.39, 0.29) is 5.82 Å². The minimum absolute atomic E-state index is 0.264. The van der Waals surface area contributed by atoms with E-state index in [0.29, 0.717) is 18.0 Å². The lowest BCUT2D eigenvalue weighted by molar-refractivity contribution is 0.215. The maximum Gasteiger partial charge on any atom is 0.417 e. The second-order valence-corrected chi connectivity index (χ2v) is 7.11. The summed E-state index contributed by atoms with van der Waals surface area (Å²) in [5, 5.41) is 8.16. The van der Waals surface area contributed by atoms with Crippen LogP contribution < -0.4 is 10.1 Å². The van der Waals surface area contributed by atoms with Crippen LogP contribution in [0.4, 0.5) is 14.9 Å². The molecule has 0 aliphatic heterocycles. The Morgan fingerprint density at radius 1 is 1.07 bits per heavy atom. The van der Waals surface area contributed by atoms with E-state index in [1.807, 2.05) is 12.3 Å². The van der Waals surface area contributed by atoms with Gasteiger partial charge in [0, 0.05) is 21.7 Å². The Morgan fingerprint density at radius 2 is 1.82 bits per heavy atom. The lowest BCUT2D eigenvalue weighted by Crippen LogP contribution is -2.16. The third-order valence-corrected chi connectivity index (χ3v) is 4.61. The van der Waals surface area contributed by atoms with Gasteiger partial charge in [-0.05, 0) is 60.2 Å². The van der Waals surface area contributed by atoms with Gasteiger partial charge in [0.25, 0.3) is 0 Å². The molecule has 0 fully saturated rings. The van der Waals surface area contributed by atoms with Gasteiger partial charge in [0.1, 0.15) is 11.6 Å². The number of carbonyl (C=O) groups excluding carboxylic acids is 1. The molecule has 28 heavy (non-hydrogen) atoms. The molecule has 1 heterocycles. The van der Waals surface area contributed by atoms with Crippen molar-refractivity contribution in [1.82, 2.24) is 9.78 Å². The Balaban J connectivity index is 1.45. The smallest absolute Gasteiger partial charge is 0.410 e. The molecule has 140 valence electrons. The normalized spacial score (nSPS) is 10.8. The topological polar surface area (TPSA) is 56.2 Å². The molecule has 0 bridgehead atoms. The lowest BCUT2D eigenvalue weighted by Gasteiger charge is -2.06. The number of nitrogens with one attached hydrogen (secondary N) is 1. The van der Waals surface area contributed by atoms with Crippen molar-refractivity contribution in [3.8, 4) is 5.75 Å². The second-order valence-electron chi connectivity index (χ2n) is 6.20. The van der Waals surface area contributed by atoms with Gasteiger partial charge in [0.05, 0.1) is 12.1 Å². The van der Waals surface area contributed by atoms with Crippen LogP contribution in [0.25, 0.3) is 10.9 Å². The largest absolute Gasteiger partial charge is 0.417 e. The molecule has 0 aliphatic carbocycles. The van der Waals surface area contributed by atoms with E-state index >= 15 is 0 Å². The molecule has 0 radical (unpaired) electrons. The van der Waals surface area contributed by atoms with Gasteiger partial charge in [-0.2, -0.15) is 5.10 Å². The molecule has 5 nitrogen and oxygen atoms in total. The number of halogens is 2. The molecule has 4 rings (SSSR count). The summed E-state index contributed by atoms with van der Waals surface area (Å²) in [6.45, 7) is 0.531. The summed E-state index contributed by atoms with van der Waals surface area (Å²) in [6.07, 6.45) is 1.33. The summed E-state index contributed by atoms with van der Waals surface area (Å²) in [4.78, 5) is 12.1. The Labute approximate surface area is 168 Å². The van der Waals surface area contributed by atoms with Crippen LogP contribution in [0, 0.1) is 5.82 Å². The van der Waals surface area contributed by atoms with Crippen LogP contribution in [0.1, 0.15) is 5.56 Å². The van der Waals surface area contributed by atoms with Crippen LogP contribution in [0.3, 0.4) is 0 Å². The van der Waals surface area contributed by atoms with Gasteiger partial charge >= 0.3 is 6.09 Å². The third-order valence-electron chi connectivity index (χ3n) is 4.08. The number of hydrogen-bond acceptors (Lipinski definition) is 3. The summed E-state index contributed by atoms with van der Waals surface area (Å²) >= 11 is 3.33. The molecule has 0 saturated heterocycles. The molecule has 1 amide bonds. The summed E-state index contributed by atoms with van der Waals surface area (Å²) < 4.78 is 21.0. The minimum Gasteiger partial charge on any atom is -0.410 e. The van der Waals surface area contributed by atoms with Gasteiger partial charge in [0.2, 0.25) is 0 Å². The summed E-state index contributed by atoms with van der Waals surface area (Å²) in [7, 11) is 0. The number of carbonyl (C=O) groups is 1. The zero-order valence-electron chi connectivity index (χ0n) is 14.6. The molecule has 3 aromatic carbocycles. The number of fused-ring (bicyclic) bond motifs is 1. The van der Waals surface area contributed by atoms with E-state index in [9.17, 15) is 9.18 Å². The number of rotatable bonds is 4. The third kappa shape index (κ3) is 4.37. The Bertz CT molecular complexity index is 1120. The average molecular weight is 440 g/mol. The SMILES string of the molecule is O=C(Nc1ccc2cn(Cc3ccc(F)cc3)nc2c1)Oc1ccc(Br)cc1. The standard InChI is InChI=1S/C21H15BrFN3O2/c22-16-4-9-19(10-5-16)28-21(27)24-18-8-3-15-13-26(25-20(15)11-18)12-14-1-6-17(23)7-2-14/h1-11,13H,12H2,(H,24,27). The van der Waals surface area contributed by atoms with Crippen LogP contribution >= 0.6 is 15.9 Å². The quantitative estimate of drug-likeness (QED) is 0.450. The molecule has 0 unspecified atom stereocenters. The van der Waals surface area contributed by atoms with Crippen LogP contribution in [-0.4, -0.2) is 15.9 Å². The van der Waals surface area contributed by atoms with Crippen molar-refractivity contribution >= 4 is 38.6 Å². The number of ether oxygens (including phenoxy) is 1. The summed E-state index contributed by atoms with van der Waals surface area (Å²) in [5.74, 6) is 0.186. The van der Waals surface area contributed by atoms with Gasteiger partial charge in [-0.1, -0.05) is 28.1 Å². The highest BCUT2D eigenvalue weighted by molar-refractivity contribution is 9.10. The van der Waals surface area contributed by atoms with Crippen LogP contribution in [0.5, 0.6) is 5.75 Å².